The number of nitrogens with one attached hydrogen (secondary N) is 1. The minimum absolute atomic E-state index is 0.222. The maximum Gasteiger partial charge on any atom is 0.335 e. The maximum absolute atomic E-state index is 11.0. The number of carboxylic acid groups (broad SMARTS) is 1. The molecular weight excluding hydrogens is 232 g/mol. The van der Waals surface area contributed by atoms with Crippen LogP contribution >= 0.6 is 0 Å². The first kappa shape index (κ1) is 12.1. The predicted octanol–water partition coefficient (Wildman–Crippen LogP) is 1.82. The van der Waals surface area contributed by atoms with Crippen molar-refractivity contribution in [1.82, 2.24) is 14.8 Å². The van der Waals surface area contributed by atoms with E-state index in [0.29, 0.717) is 18.1 Å². The van der Waals surface area contributed by atoms with E-state index in [1.807, 2.05) is 14.0 Å². The molecule has 0 aliphatic rings. The highest BCUT2D eigenvalue weighted by Crippen LogP contribution is 2.15. The Morgan fingerprint density at radius 3 is 2.78 bits per heavy atom. The summed E-state index contributed by atoms with van der Waals surface area (Å²) < 4.78 is 1.66. The average molecular weight is 246 g/mol. The minimum Gasteiger partial charge on any atom is -0.478 e. The third-order valence-corrected chi connectivity index (χ3v) is 2.46. The van der Waals surface area contributed by atoms with Gasteiger partial charge in [-0.3, -0.25) is 4.68 Å². The SMILES string of the molecule is CCc1cc(C(=O)O)cc(Nc2ccn(C)n2)n1. The number of hydrogen-bond donors (Lipinski definition) is 2. The number of aryl methyl sites for hydroxylation is 2. The molecule has 0 spiro atoms. The molecule has 0 radical (unpaired) electrons. The molecule has 0 saturated heterocycles. The van der Waals surface area contributed by atoms with Gasteiger partial charge in [0.1, 0.15) is 5.82 Å². The van der Waals surface area contributed by atoms with E-state index in [1.54, 1.807) is 23.0 Å². The second kappa shape index (κ2) is 4.87. The Bertz CT molecular complexity index is 577. The molecule has 0 amide bonds. The minimum atomic E-state index is -0.962. The summed E-state index contributed by atoms with van der Waals surface area (Å²) in [6.07, 6.45) is 2.47. The van der Waals surface area contributed by atoms with E-state index in [1.165, 1.54) is 6.07 Å². The van der Waals surface area contributed by atoms with Crippen molar-refractivity contribution in [3.63, 3.8) is 0 Å². The highest BCUT2D eigenvalue weighted by molar-refractivity contribution is 5.88. The van der Waals surface area contributed by atoms with Gasteiger partial charge in [-0.1, -0.05) is 6.92 Å². The summed E-state index contributed by atoms with van der Waals surface area (Å²) in [5, 5.41) is 16.2. The molecule has 2 heterocycles. The molecule has 2 rings (SSSR count). The number of nitrogens with zero attached hydrogens (tertiary/aromatic N) is 3. The van der Waals surface area contributed by atoms with Crippen LogP contribution in [0.2, 0.25) is 0 Å². The van der Waals surface area contributed by atoms with Crippen LogP contribution in [0.3, 0.4) is 0 Å². The van der Waals surface area contributed by atoms with Gasteiger partial charge in [0.05, 0.1) is 5.56 Å². The zero-order chi connectivity index (χ0) is 13.1. The second-order valence-corrected chi connectivity index (χ2v) is 3.89. The van der Waals surface area contributed by atoms with Crippen molar-refractivity contribution in [3.05, 3.63) is 35.7 Å². The molecule has 0 bridgehead atoms. The highest BCUT2D eigenvalue weighted by atomic mass is 16.4. The Morgan fingerprint density at radius 2 is 2.22 bits per heavy atom. The molecule has 2 N–H and O–H groups in total. The number of carboxylic acids is 1. The van der Waals surface area contributed by atoms with Gasteiger partial charge in [-0.15, -0.1) is 0 Å². The van der Waals surface area contributed by atoms with E-state index in [2.05, 4.69) is 15.4 Å². The smallest absolute Gasteiger partial charge is 0.335 e. The molecule has 0 atom stereocenters. The Balaban J connectivity index is 2.32. The number of carbonyl (C=O) groups is 1. The molecule has 0 saturated carbocycles. The van der Waals surface area contributed by atoms with Crippen LogP contribution in [0.25, 0.3) is 0 Å². The first-order chi connectivity index (χ1) is 8.58. The van der Waals surface area contributed by atoms with Crippen molar-refractivity contribution < 1.29 is 9.90 Å². The lowest BCUT2D eigenvalue weighted by molar-refractivity contribution is 0.0696. The second-order valence-electron chi connectivity index (χ2n) is 3.89. The van der Waals surface area contributed by atoms with E-state index in [4.69, 9.17) is 5.11 Å². The normalized spacial score (nSPS) is 10.3. The van der Waals surface area contributed by atoms with E-state index in [9.17, 15) is 4.79 Å². The third-order valence-electron chi connectivity index (χ3n) is 2.46. The fourth-order valence-corrected chi connectivity index (χ4v) is 1.57. The van der Waals surface area contributed by atoms with Crippen molar-refractivity contribution >= 4 is 17.6 Å². The van der Waals surface area contributed by atoms with Crippen LogP contribution in [0.5, 0.6) is 0 Å². The molecule has 6 heteroatoms. The summed E-state index contributed by atoms with van der Waals surface area (Å²) in [6, 6.07) is 4.86. The van der Waals surface area contributed by atoms with Crippen LogP contribution < -0.4 is 5.32 Å². The fourth-order valence-electron chi connectivity index (χ4n) is 1.57. The summed E-state index contributed by atoms with van der Waals surface area (Å²) >= 11 is 0. The molecule has 6 nitrogen and oxygen atoms in total. The van der Waals surface area contributed by atoms with Crippen LogP contribution in [-0.2, 0) is 13.5 Å². The van der Waals surface area contributed by atoms with Crippen molar-refractivity contribution in [2.45, 2.75) is 13.3 Å². The Labute approximate surface area is 104 Å². The van der Waals surface area contributed by atoms with Gasteiger partial charge in [-0.05, 0) is 18.6 Å². The zero-order valence-electron chi connectivity index (χ0n) is 10.2. The van der Waals surface area contributed by atoms with Crippen molar-refractivity contribution in [2.75, 3.05) is 5.32 Å². The van der Waals surface area contributed by atoms with Gasteiger partial charge >= 0.3 is 5.97 Å². The van der Waals surface area contributed by atoms with Gasteiger partial charge in [-0.2, -0.15) is 5.10 Å². The number of aromatic nitrogens is 3. The lowest BCUT2D eigenvalue weighted by atomic mass is 10.2. The number of aromatic carboxylic acids is 1. The van der Waals surface area contributed by atoms with Gasteiger partial charge < -0.3 is 10.4 Å². The standard InChI is InChI=1S/C12H14N4O2/c1-3-9-6-8(12(17)18)7-11(13-9)14-10-4-5-16(2)15-10/h4-7H,3H2,1-2H3,(H,17,18)(H,13,14,15). The lowest BCUT2D eigenvalue weighted by Gasteiger charge is -2.06. The molecule has 2 aromatic rings. The van der Waals surface area contributed by atoms with Crippen LogP contribution in [0, 0.1) is 0 Å². The van der Waals surface area contributed by atoms with Crippen molar-refractivity contribution in [2.24, 2.45) is 7.05 Å². The quantitative estimate of drug-likeness (QED) is 0.860. The van der Waals surface area contributed by atoms with Crippen LogP contribution in [0.1, 0.15) is 23.0 Å². The third kappa shape index (κ3) is 2.65. The monoisotopic (exact) mass is 246 g/mol. The average Bonchev–Trinajstić information content (AvgIpc) is 2.74. The molecule has 94 valence electrons. The molecular formula is C12H14N4O2. The van der Waals surface area contributed by atoms with Gasteiger partial charge in [0, 0.05) is 25.0 Å². The molecule has 0 aliphatic heterocycles. The summed E-state index contributed by atoms with van der Waals surface area (Å²) in [4.78, 5) is 15.3. The van der Waals surface area contributed by atoms with E-state index in [0.717, 1.165) is 5.69 Å². The molecule has 18 heavy (non-hydrogen) atoms. The van der Waals surface area contributed by atoms with Gasteiger partial charge in [0.25, 0.3) is 0 Å². The summed E-state index contributed by atoms with van der Waals surface area (Å²) in [5.74, 6) is 0.163. The summed E-state index contributed by atoms with van der Waals surface area (Å²) in [7, 11) is 1.81. The number of rotatable bonds is 4. The lowest BCUT2D eigenvalue weighted by Crippen LogP contribution is -2.03. The van der Waals surface area contributed by atoms with E-state index in [-0.39, 0.29) is 5.56 Å². The van der Waals surface area contributed by atoms with Crippen molar-refractivity contribution in [1.29, 1.82) is 0 Å². The van der Waals surface area contributed by atoms with E-state index < -0.39 is 5.97 Å². The largest absolute Gasteiger partial charge is 0.478 e. The van der Waals surface area contributed by atoms with Crippen LogP contribution in [-0.4, -0.2) is 25.8 Å². The van der Waals surface area contributed by atoms with Crippen LogP contribution in [0.4, 0.5) is 11.6 Å². The summed E-state index contributed by atoms with van der Waals surface area (Å²) in [6.45, 7) is 1.93. The number of hydrogen-bond acceptors (Lipinski definition) is 4. The topological polar surface area (TPSA) is 80.0 Å². The van der Waals surface area contributed by atoms with Gasteiger partial charge in [-0.25, -0.2) is 9.78 Å². The highest BCUT2D eigenvalue weighted by Gasteiger charge is 2.08. The fraction of sp³-hybridized carbons (Fsp3) is 0.250. The number of anilines is 2. The zero-order valence-corrected chi connectivity index (χ0v) is 10.2. The molecule has 2 aromatic heterocycles. The molecule has 0 aliphatic carbocycles. The predicted molar refractivity (Wildman–Crippen MR) is 67.1 cm³/mol. The number of pyridine rings is 1. The first-order valence-corrected chi connectivity index (χ1v) is 5.59. The Hall–Kier alpha value is -2.37. The Kier molecular flexibility index (Phi) is 3.27. The molecule has 0 fully saturated rings. The van der Waals surface area contributed by atoms with Crippen LogP contribution in [0.15, 0.2) is 24.4 Å². The molecule has 0 unspecified atom stereocenters. The summed E-state index contributed by atoms with van der Waals surface area (Å²) in [5.41, 5.74) is 0.952. The van der Waals surface area contributed by atoms with Gasteiger partial charge in [0.2, 0.25) is 0 Å². The molecule has 0 aromatic carbocycles. The van der Waals surface area contributed by atoms with Crippen molar-refractivity contribution in [3.8, 4) is 0 Å². The Morgan fingerprint density at radius 1 is 1.44 bits per heavy atom. The van der Waals surface area contributed by atoms with Gasteiger partial charge in [0.15, 0.2) is 5.82 Å². The first-order valence-electron chi connectivity index (χ1n) is 5.59. The van der Waals surface area contributed by atoms with E-state index >= 15 is 0 Å². The maximum atomic E-state index is 11.0.